The Balaban J connectivity index is 0.00000200. The number of carbonyl (C=O) groups excluding carboxylic acids is 2. The number of urea groups is 1. The Hall–Kier alpha value is -0.690. The predicted molar refractivity (Wildman–Crippen MR) is 56.7 cm³/mol. The summed E-state index contributed by atoms with van der Waals surface area (Å²) in [6.45, 7) is -0.600. The second-order valence-electron chi connectivity index (χ2n) is 4.02. The van der Waals surface area contributed by atoms with Gasteiger partial charge in [0.25, 0.3) is 0 Å². The number of primary amides is 1. The summed E-state index contributed by atoms with van der Waals surface area (Å²) < 4.78 is 35.6. The molecule has 1 fully saturated rings. The number of fused-ring (bicyclic) bond motifs is 2. The Labute approximate surface area is 136 Å². The normalized spacial score (nSPS) is 25.3. The molecule has 0 aromatic carbocycles. The van der Waals surface area contributed by atoms with Gasteiger partial charge in [-0.25, -0.2) is 13.2 Å². The monoisotopic (exact) mass is 315 g/mol. The minimum absolute atomic E-state index is 0. The van der Waals surface area contributed by atoms with Gasteiger partial charge in [-0.2, -0.15) is 9.35 Å². The van der Waals surface area contributed by atoms with Crippen LogP contribution in [0.3, 0.4) is 0 Å². The number of carbonyl (C=O) groups is 2. The van der Waals surface area contributed by atoms with Crippen LogP contribution in [0.15, 0.2) is 11.6 Å². The molecule has 20 heavy (non-hydrogen) atoms. The van der Waals surface area contributed by atoms with E-state index in [1.807, 2.05) is 0 Å². The molecule has 2 rings (SSSR count). The Morgan fingerprint density at radius 2 is 2.20 bits per heavy atom. The molecule has 10 nitrogen and oxygen atoms in total. The van der Waals surface area contributed by atoms with Gasteiger partial charge in [-0.3, -0.25) is 4.79 Å². The van der Waals surface area contributed by atoms with Crippen LogP contribution in [0, 0.1) is 0 Å². The van der Waals surface area contributed by atoms with E-state index in [9.17, 15) is 22.6 Å². The first-order valence-corrected chi connectivity index (χ1v) is 6.44. The summed E-state index contributed by atoms with van der Waals surface area (Å²) in [4.78, 5) is 24.1. The molecule has 2 aliphatic rings. The number of amides is 3. The van der Waals surface area contributed by atoms with E-state index in [1.165, 1.54) is 6.08 Å². The Morgan fingerprint density at radius 1 is 1.60 bits per heavy atom. The molecule has 2 aliphatic heterocycles. The van der Waals surface area contributed by atoms with Gasteiger partial charge in [0.1, 0.15) is 6.04 Å². The van der Waals surface area contributed by atoms with E-state index in [4.69, 9.17) is 10.8 Å². The molecule has 0 aromatic heterocycles. The van der Waals surface area contributed by atoms with Crippen molar-refractivity contribution in [2.45, 2.75) is 12.1 Å². The quantitative estimate of drug-likeness (QED) is 0.227. The molecular weight excluding hydrogens is 305 g/mol. The average molecular weight is 315 g/mol. The molecule has 0 saturated carbocycles. The number of rotatable bonds is 4. The van der Waals surface area contributed by atoms with Crippen LogP contribution in [0.4, 0.5) is 4.79 Å². The van der Waals surface area contributed by atoms with Crippen molar-refractivity contribution < 1.29 is 61.5 Å². The zero-order valence-electron chi connectivity index (χ0n) is 10.4. The van der Waals surface area contributed by atoms with Crippen LogP contribution < -0.4 is 35.3 Å². The summed E-state index contributed by atoms with van der Waals surface area (Å²) in [5.41, 5.74) is 5.27. The van der Waals surface area contributed by atoms with E-state index in [0.717, 1.165) is 4.90 Å². The van der Waals surface area contributed by atoms with Crippen LogP contribution in [0.1, 0.15) is 0 Å². The van der Waals surface area contributed by atoms with Crippen LogP contribution in [-0.2, 0) is 19.5 Å². The summed E-state index contributed by atoms with van der Waals surface area (Å²) in [6, 6.07) is -3.04. The van der Waals surface area contributed by atoms with Gasteiger partial charge >= 0.3 is 35.6 Å². The predicted octanol–water partition coefficient (Wildman–Crippen LogP) is -5.73. The molecule has 0 unspecified atom stereocenters. The van der Waals surface area contributed by atoms with Crippen molar-refractivity contribution in [3.8, 4) is 0 Å². The fourth-order valence-corrected chi connectivity index (χ4v) is 2.53. The molecule has 106 valence electrons. The molecule has 2 heterocycles. The standard InChI is InChI=1S/C8H11N3O7S.Na/c9-7(13)6-4(3-12)1-5-2-10(6)8(14)11(5)18-19(15,16)17;/h1,5-6,12H,2-3H2,(H2,9,13)(H,15,16,17);/q;+1/p-1/t5-,6-;/m0./s1. The van der Waals surface area contributed by atoms with Crippen molar-refractivity contribution >= 4 is 22.3 Å². The molecular formula is C8H10N3NaO7S. The molecule has 0 aliphatic carbocycles. The minimum Gasteiger partial charge on any atom is -0.724 e. The van der Waals surface area contributed by atoms with Crippen LogP contribution in [-0.4, -0.2) is 65.2 Å². The second-order valence-corrected chi connectivity index (χ2v) is 4.98. The third-order valence-corrected chi connectivity index (χ3v) is 3.16. The van der Waals surface area contributed by atoms with E-state index >= 15 is 0 Å². The molecule has 0 aromatic rings. The van der Waals surface area contributed by atoms with Crippen LogP contribution >= 0.6 is 0 Å². The third kappa shape index (κ3) is 3.14. The maximum Gasteiger partial charge on any atom is 1.00 e. The fraction of sp³-hybridized carbons (Fsp3) is 0.500. The van der Waals surface area contributed by atoms with E-state index in [1.54, 1.807) is 0 Å². The number of nitrogens with two attached hydrogens (primary N) is 1. The molecule has 2 atom stereocenters. The van der Waals surface area contributed by atoms with Gasteiger partial charge in [0.15, 0.2) is 0 Å². The third-order valence-electron chi connectivity index (χ3n) is 2.81. The number of hydroxylamine groups is 2. The fourth-order valence-electron chi connectivity index (χ4n) is 2.16. The van der Waals surface area contributed by atoms with Crippen molar-refractivity contribution in [3.63, 3.8) is 0 Å². The summed E-state index contributed by atoms with van der Waals surface area (Å²) >= 11 is 0. The summed E-state index contributed by atoms with van der Waals surface area (Å²) in [7, 11) is -5.12. The van der Waals surface area contributed by atoms with E-state index in [-0.39, 0.29) is 41.7 Å². The van der Waals surface area contributed by atoms with Gasteiger partial charge < -0.3 is 20.3 Å². The summed E-state index contributed by atoms with van der Waals surface area (Å²) in [5, 5.41) is 9.47. The zero-order chi connectivity index (χ0) is 14.4. The van der Waals surface area contributed by atoms with E-state index in [2.05, 4.69) is 4.28 Å². The molecule has 12 heteroatoms. The summed E-state index contributed by atoms with van der Waals surface area (Å²) in [5.74, 6) is -0.876. The zero-order valence-corrected chi connectivity index (χ0v) is 13.2. The van der Waals surface area contributed by atoms with E-state index in [0.29, 0.717) is 5.06 Å². The smallest absolute Gasteiger partial charge is 0.724 e. The number of hydrogen-bond acceptors (Lipinski definition) is 7. The van der Waals surface area contributed by atoms with Crippen molar-refractivity contribution in [2.24, 2.45) is 5.73 Å². The average Bonchev–Trinajstić information content (AvgIpc) is 2.52. The van der Waals surface area contributed by atoms with Crippen molar-refractivity contribution in [3.05, 3.63) is 11.6 Å². The van der Waals surface area contributed by atoms with Gasteiger partial charge in [0, 0.05) is 0 Å². The first-order valence-electron chi connectivity index (χ1n) is 5.10. The maximum absolute atomic E-state index is 11.8. The van der Waals surface area contributed by atoms with Gasteiger partial charge in [0.05, 0.1) is 19.2 Å². The Morgan fingerprint density at radius 3 is 2.65 bits per heavy atom. The minimum atomic E-state index is -5.12. The molecule has 0 radical (unpaired) electrons. The van der Waals surface area contributed by atoms with Gasteiger partial charge in [0.2, 0.25) is 16.3 Å². The molecule has 1 saturated heterocycles. The van der Waals surface area contributed by atoms with Gasteiger partial charge in [-0.1, -0.05) is 6.08 Å². The first-order chi connectivity index (χ1) is 8.74. The second kappa shape index (κ2) is 5.97. The van der Waals surface area contributed by atoms with Crippen molar-refractivity contribution in [2.75, 3.05) is 13.2 Å². The van der Waals surface area contributed by atoms with E-state index < -0.39 is 41.0 Å². The van der Waals surface area contributed by atoms with Gasteiger partial charge in [-0.15, -0.1) is 0 Å². The molecule has 3 N–H and O–H groups in total. The molecule has 3 amide bonds. The molecule has 0 spiro atoms. The van der Waals surface area contributed by atoms with Gasteiger partial charge in [-0.05, 0) is 5.57 Å². The molecule has 2 bridgehead atoms. The Kier molecular flexibility index (Phi) is 5.18. The number of aliphatic hydroxyl groups excluding tert-OH is 1. The van der Waals surface area contributed by atoms with Crippen LogP contribution in [0.2, 0.25) is 0 Å². The number of hydrogen-bond donors (Lipinski definition) is 2. The maximum atomic E-state index is 11.8. The van der Waals surface area contributed by atoms with Crippen LogP contribution in [0.25, 0.3) is 0 Å². The topological polar surface area (TPSA) is 153 Å². The largest absolute Gasteiger partial charge is 1.00 e. The SMILES string of the molecule is NC(=O)[C@@H]1C(CO)=C[C@H]2CN1C(=O)N2OS(=O)(=O)[O-].[Na+]. The van der Waals surface area contributed by atoms with Crippen molar-refractivity contribution in [1.29, 1.82) is 0 Å². The van der Waals surface area contributed by atoms with Crippen LogP contribution in [0.5, 0.6) is 0 Å². The Bertz CT molecular complexity index is 562. The number of aliphatic hydroxyl groups is 1. The summed E-state index contributed by atoms with van der Waals surface area (Å²) in [6.07, 6.45) is 1.28. The number of nitrogens with zero attached hydrogens (tertiary/aromatic N) is 2. The van der Waals surface area contributed by atoms with Crippen molar-refractivity contribution in [1.82, 2.24) is 9.96 Å². The first kappa shape index (κ1) is 17.4.